The third-order valence-electron chi connectivity index (χ3n) is 6.17. The predicted molar refractivity (Wildman–Crippen MR) is 133 cm³/mol. The van der Waals surface area contributed by atoms with Crippen LogP contribution in [0.3, 0.4) is 0 Å². The predicted octanol–water partition coefficient (Wildman–Crippen LogP) is 3.56. The molecule has 0 saturated heterocycles. The second-order valence-corrected chi connectivity index (χ2v) is 10.3. The summed E-state index contributed by atoms with van der Waals surface area (Å²) in [6.45, 7) is 2.69. The fourth-order valence-electron chi connectivity index (χ4n) is 4.39. The number of ether oxygens (including phenoxy) is 2. The van der Waals surface area contributed by atoms with Gasteiger partial charge >= 0.3 is 0 Å². The van der Waals surface area contributed by atoms with Gasteiger partial charge in [0.25, 0.3) is 5.91 Å². The van der Waals surface area contributed by atoms with Crippen LogP contribution in [0.4, 0.5) is 0 Å². The van der Waals surface area contributed by atoms with Gasteiger partial charge in [0.05, 0.1) is 18.1 Å². The van der Waals surface area contributed by atoms with Gasteiger partial charge in [0.1, 0.15) is 11.8 Å². The molecule has 1 amide bonds. The minimum atomic E-state index is -4.10. The summed E-state index contributed by atoms with van der Waals surface area (Å²) in [4.78, 5) is 17.0. The first-order valence-corrected chi connectivity index (χ1v) is 12.9. The number of carbonyl (C=O) groups is 1. The normalized spacial score (nSPS) is 19.0. The highest BCUT2D eigenvalue weighted by molar-refractivity contribution is 7.89. The smallest absolute Gasteiger partial charge is 0.262 e. The van der Waals surface area contributed by atoms with Crippen molar-refractivity contribution in [1.82, 2.24) is 14.8 Å². The molecule has 1 unspecified atom stereocenters. The average molecular weight is 528 g/mol. The summed E-state index contributed by atoms with van der Waals surface area (Å²) in [6, 6.07) is 8.37. The van der Waals surface area contributed by atoms with Crippen LogP contribution in [0.5, 0.6) is 5.75 Å². The maximum Gasteiger partial charge on any atom is 0.262 e. The summed E-state index contributed by atoms with van der Waals surface area (Å²) in [5.41, 5.74) is 2.39. The van der Waals surface area contributed by atoms with Crippen LogP contribution in [0.15, 0.2) is 53.7 Å². The second-order valence-electron chi connectivity index (χ2n) is 8.41. The van der Waals surface area contributed by atoms with Crippen LogP contribution in [-0.4, -0.2) is 54.7 Å². The van der Waals surface area contributed by atoms with E-state index in [-0.39, 0.29) is 35.9 Å². The highest BCUT2D eigenvalue weighted by Gasteiger charge is 2.42. The lowest BCUT2D eigenvalue weighted by Gasteiger charge is -2.38. The molecule has 0 radical (unpaired) electrons. The standard InChI is InChI=1S/C24H33N3O6S.ClH/c1-3-16-33-21-6-4-19(5-7-21)23(24(28)26-29)27(17-18-12-14-25-15-13-18)34(30,31)22-10-8-20(32-2)9-11-22;/h8-15,19,21,23,29H,3-7,16-17H2,1-2H3,(H,26,28);1H. The van der Waals surface area contributed by atoms with Crippen LogP contribution in [0.1, 0.15) is 44.6 Å². The van der Waals surface area contributed by atoms with Gasteiger partial charge in [-0.15, -0.1) is 12.4 Å². The van der Waals surface area contributed by atoms with E-state index in [1.807, 2.05) is 6.92 Å². The number of aromatic nitrogens is 1. The number of methoxy groups -OCH3 is 1. The van der Waals surface area contributed by atoms with Crippen molar-refractivity contribution >= 4 is 28.3 Å². The van der Waals surface area contributed by atoms with E-state index < -0.39 is 22.0 Å². The van der Waals surface area contributed by atoms with E-state index in [0.29, 0.717) is 30.8 Å². The summed E-state index contributed by atoms with van der Waals surface area (Å²) in [6.07, 6.45) is 6.85. The molecule has 1 aliphatic carbocycles. The first kappa shape index (κ1) is 29.0. The molecule has 1 aliphatic rings. The molecule has 11 heteroatoms. The van der Waals surface area contributed by atoms with Gasteiger partial charge in [0.15, 0.2) is 0 Å². The minimum absolute atomic E-state index is 0. The number of amides is 1. The van der Waals surface area contributed by atoms with Crippen molar-refractivity contribution in [2.45, 2.75) is 62.6 Å². The summed E-state index contributed by atoms with van der Waals surface area (Å²) in [7, 11) is -2.60. The Labute approximate surface area is 213 Å². The van der Waals surface area contributed by atoms with Crippen LogP contribution in [-0.2, 0) is 26.1 Å². The molecule has 194 valence electrons. The van der Waals surface area contributed by atoms with Crippen molar-refractivity contribution in [2.24, 2.45) is 5.92 Å². The van der Waals surface area contributed by atoms with Crippen molar-refractivity contribution in [2.75, 3.05) is 13.7 Å². The van der Waals surface area contributed by atoms with E-state index in [2.05, 4.69) is 4.98 Å². The number of benzene rings is 1. The third-order valence-corrected chi connectivity index (χ3v) is 8.01. The number of pyridine rings is 1. The molecular formula is C24H34ClN3O6S. The molecule has 2 N–H and O–H groups in total. The monoisotopic (exact) mass is 527 g/mol. The third kappa shape index (κ3) is 7.37. The minimum Gasteiger partial charge on any atom is -0.497 e. The number of carbonyl (C=O) groups excluding carboxylic acids is 1. The van der Waals surface area contributed by atoms with Gasteiger partial charge in [0, 0.05) is 25.5 Å². The molecule has 1 atom stereocenters. The molecular weight excluding hydrogens is 494 g/mol. The quantitative estimate of drug-likeness (QED) is 0.339. The Morgan fingerprint density at radius 3 is 2.31 bits per heavy atom. The summed E-state index contributed by atoms with van der Waals surface area (Å²) in [5, 5.41) is 9.55. The van der Waals surface area contributed by atoms with Crippen molar-refractivity contribution in [1.29, 1.82) is 0 Å². The van der Waals surface area contributed by atoms with Crippen LogP contribution < -0.4 is 10.2 Å². The zero-order valence-electron chi connectivity index (χ0n) is 20.0. The van der Waals surface area contributed by atoms with Crippen molar-refractivity contribution in [3.8, 4) is 5.75 Å². The first-order chi connectivity index (χ1) is 16.4. The van der Waals surface area contributed by atoms with Crippen LogP contribution in [0, 0.1) is 5.92 Å². The number of rotatable bonds is 11. The molecule has 1 aromatic heterocycles. The summed E-state index contributed by atoms with van der Waals surface area (Å²) in [5.74, 6) is -0.498. The molecule has 1 aromatic carbocycles. The summed E-state index contributed by atoms with van der Waals surface area (Å²) < 4.78 is 39.9. The fourth-order valence-corrected chi connectivity index (χ4v) is 6.02. The zero-order valence-corrected chi connectivity index (χ0v) is 21.6. The van der Waals surface area contributed by atoms with Gasteiger partial charge in [-0.3, -0.25) is 15.0 Å². The Morgan fingerprint density at radius 1 is 1.14 bits per heavy atom. The Bertz CT molecular complexity index is 1020. The first-order valence-electron chi connectivity index (χ1n) is 11.5. The second kappa shape index (κ2) is 13.7. The van der Waals surface area contributed by atoms with Crippen LogP contribution in [0.25, 0.3) is 0 Å². The van der Waals surface area contributed by atoms with E-state index in [4.69, 9.17) is 9.47 Å². The Hall–Kier alpha value is -2.24. The van der Waals surface area contributed by atoms with Gasteiger partial charge in [-0.1, -0.05) is 6.92 Å². The average Bonchev–Trinajstić information content (AvgIpc) is 2.88. The topological polar surface area (TPSA) is 118 Å². The zero-order chi connectivity index (χ0) is 24.6. The highest BCUT2D eigenvalue weighted by Crippen LogP contribution is 2.34. The Morgan fingerprint density at radius 2 is 1.77 bits per heavy atom. The van der Waals surface area contributed by atoms with Gasteiger partial charge in [-0.25, -0.2) is 13.9 Å². The lowest BCUT2D eigenvalue weighted by molar-refractivity contribution is -0.136. The van der Waals surface area contributed by atoms with Gasteiger partial charge in [0.2, 0.25) is 10.0 Å². The molecule has 1 fully saturated rings. The number of halogens is 1. The van der Waals surface area contributed by atoms with Crippen molar-refractivity contribution < 1.29 is 27.9 Å². The van der Waals surface area contributed by atoms with E-state index in [1.165, 1.54) is 23.5 Å². The number of nitrogens with one attached hydrogen (secondary N) is 1. The maximum absolute atomic E-state index is 13.8. The lowest BCUT2D eigenvalue weighted by Crippen LogP contribution is -2.53. The number of hydrogen-bond acceptors (Lipinski definition) is 7. The van der Waals surface area contributed by atoms with Gasteiger partial charge < -0.3 is 9.47 Å². The number of hydrogen-bond donors (Lipinski definition) is 2. The van der Waals surface area contributed by atoms with Crippen molar-refractivity contribution in [3.63, 3.8) is 0 Å². The van der Waals surface area contributed by atoms with Crippen LogP contribution in [0.2, 0.25) is 0 Å². The molecule has 3 rings (SSSR count). The van der Waals surface area contributed by atoms with Crippen molar-refractivity contribution in [3.05, 3.63) is 54.4 Å². The molecule has 0 bridgehead atoms. The molecule has 0 aliphatic heterocycles. The Balaban J connectivity index is 0.00000432. The highest BCUT2D eigenvalue weighted by atomic mass is 35.5. The number of hydroxylamine groups is 1. The van der Waals surface area contributed by atoms with Crippen LogP contribution >= 0.6 is 12.4 Å². The number of sulfonamides is 1. The fraction of sp³-hybridized carbons (Fsp3) is 0.500. The van der Waals surface area contributed by atoms with E-state index >= 15 is 0 Å². The van der Waals surface area contributed by atoms with E-state index in [1.54, 1.807) is 42.1 Å². The largest absolute Gasteiger partial charge is 0.497 e. The molecule has 1 saturated carbocycles. The van der Waals surface area contributed by atoms with E-state index in [9.17, 15) is 18.4 Å². The molecule has 9 nitrogen and oxygen atoms in total. The summed E-state index contributed by atoms with van der Waals surface area (Å²) >= 11 is 0. The SMILES string of the molecule is CCCOC1CCC(C(C(=O)NO)N(Cc2ccncc2)S(=O)(=O)c2ccc(OC)cc2)CC1.Cl. The molecule has 35 heavy (non-hydrogen) atoms. The molecule has 0 spiro atoms. The van der Waals surface area contributed by atoms with Gasteiger partial charge in [-0.2, -0.15) is 4.31 Å². The molecule has 1 heterocycles. The molecule has 2 aromatic rings. The number of nitrogens with zero attached hydrogens (tertiary/aromatic N) is 2. The van der Waals surface area contributed by atoms with Gasteiger partial charge in [-0.05, 0) is 80.0 Å². The lowest BCUT2D eigenvalue weighted by atomic mass is 9.82. The maximum atomic E-state index is 13.8. The Kier molecular flexibility index (Phi) is 11.4. The van der Waals surface area contributed by atoms with E-state index in [0.717, 1.165) is 19.3 Å².